The Morgan fingerprint density at radius 1 is 1.16 bits per heavy atom. The number of guanidine groups is 1. The molecule has 4 rings (SSSR count). The van der Waals surface area contributed by atoms with E-state index in [1.165, 1.54) is 4.90 Å². The molecule has 0 radical (unpaired) electrons. The zero-order chi connectivity index (χ0) is 27.4. The lowest BCUT2D eigenvalue weighted by atomic mass is 9.68. The van der Waals surface area contributed by atoms with E-state index in [9.17, 15) is 18.0 Å². The maximum absolute atomic E-state index is 13.7. The number of carboxylic acid groups (broad SMARTS) is 1. The van der Waals surface area contributed by atoms with E-state index in [1.807, 2.05) is 72.8 Å². The molecule has 0 fully saturated rings. The van der Waals surface area contributed by atoms with Gasteiger partial charge in [-0.05, 0) is 28.3 Å². The molecular weight excluding hydrogens is 489 g/mol. The Hall–Kier alpha value is -3.96. The number of amides is 1. The highest BCUT2D eigenvalue weighted by Crippen LogP contribution is 2.50. The third-order valence-electron chi connectivity index (χ3n) is 6.33. The summed E-state index contributed by atoms with van der Waals surface area (Å²) >= 11 is 0. The largest absolute Gasteiger partial charge is 0.490 e. The Morgan fingerprint density at radius 2 is 1.76 bits per heavy atom. The lowest BCUT2D eigenvalue weighted by Crippen LogP contribution is -2.57. The molecule has 1 aliphatic heterocycles. The Morgan fingerprint density at radius 3 is 2.22 bits per heavy atom. The molecule has 0 saturated heterocycles. The molecule has 2 aromatic rings. The van der Waals surface area contributed by atoms with Crippen LogP contribution in [0.3, 0.4) is 0 Å². The smallest absolute Gasteiger partial charge is 0.475 e. The van der Waals surface area contributed by atoms with Crippen molar-refractivity contribution >= 4 is 23.4 Å². The van der Waals surface area contributed by atoms with Crippen molar-refractivity contribution in [3.05, 3.63) is 89.5 Å². The Bertz CT molecular complexity index is 1240. The van der Waals surface area contributed by atoms with E-state index < -0.39 is 23.3 Å². The molecule has 37 heavy (non-hydrogen) atoms. The molecule has 1 heterocycles. The SMILES string of the molecule is COC1(C2(c3ccc(CN)cc3)N=C(N)N(C)C2=O)C=CC=C(c2ccccc2)C1.O=C(O)C(F)(F)F. The Balaban J connectivity index is 0.000000479. The summed E-state index contributed by atoms with van der Waals surface area (Å²) in [5.41, 5.74) is 13.4. The van der Waals surface area contributed by atoms with Gasteiger partial charge in [0.15, 0.2) is 5.96 Å². The van der Waals surface area contributed by atoms with Gasteiger partial charge in [0.1, 0.15) is 5.60 Å². The van der Waals surface area contributed by atoms with E-state index in [2.05, 4.69) is 0 Å². The Labute approximate surface area is 211 Å². The standard InChI is InChI=1S/C24H26N4O2.C2HF3O2/c1-28-21(29)24(27-22(28)26,20-12-10-17(16-25)11-13-20)23(30-2)14-6-9-19(15-23)18-7-4-3-5-8-18;3-2(4,5)1(6)7/h3-14H,15-16,25H2,1-2H3,(H2,26,27);(H,6,7). The van der Waals surface area contributed by atoms with Gasteiger partial charge in [0.25, 0.3) is 5.91 Å². The minimum absolute atomic E-state index is 0.170. The highest BCUT2D eigenvalue weighted by Gasteiger charge is 2.62. The Kier molecular flexibility index (Phi) is 7.89. The number of nitrogens with zero attached hydrogens (tertiary/aromatic N) is 2. The number of benzene rings is 2. The van der Waals surface area contributed by atoms with Crippen LogP contribution in [0.5, 0.6) is 0 Å². The summed E-state index contributed by atoms with van der Waals surface area (Å²) in [6, 6.07) is 17.7. The number of hydrogen-bond acceptors (Lipinski definition) is 6. The van der Waals surface area contributed by atoms with Gasteiger partial charge in [0, 0.05) is 27.1 Å². The predicted octanol–water partition coefficient (Wildman–Crippen LogP) is 3.19. The zero-order valence-electron chi connectivity index (χ0n) is 20.2. The molecule has 2 aromatic carbocycles. The summed E-state index contributed by atoms with van der Waals surface area (Å²) in [5, 5.41) is 7.12. The molecule has 11 heteroatoms. The molecule has 196 valence electrons. The van der Waals surface area contributed by atoms with Gasteiger partial charge in [0.2, 0.25) is 5.54 Å². The van der Waals surface area contributed by atoms with Gasteiger partial charge >= 0.3 is 12.1 Å². The molecule has 0 aromatic heterocycles. The van der Waals surface area contributed by atoms with Crippen LogP contribution < -0.4 is 11.5 Å². The second-order valence-electron chi connectivity index (χ2n) is 8.44. The number of likely N-dealkylation sites (N-methyl/N-ethyl adjacent to an activating group) is 1. The highest BCUT2D eigenvalue weighted by atomic mass is 19.4. The van der Waals surface area contributed by atoms with Crippen LogP contribution in [0.1, 0.15) is 23.1 Å². The van der Waals surface area contributed by atoms with E-state index in [-0.39, 0.29) is 11.9 Å². The van der Waals surface area contributed by atoms with Gasteiger partial charge in [-0.2, -0.15) is 13.2 Å². The number of aliphatic imine (C=N–C) groups is 1. The number of halogens is 3. The number of rotatable bonds is 5. The van der Waals surface area contributed by atoms with Crippen molar-refractivity contribution in [3.8, 4) is 0 Å². The molecule has 0 spiro atoms. The first-order valence-corrected chi connectivity index (χ1v) is 11.1. The van der Waals surface area contributed by atoms with E-state index in [0.29, 0.717) is 13.0 Å². The molecule has 0 saturated carbocycles. The van der Waals surface area contributed by atoms with Crippen LogP contribution in [0.2, 0.25) is 0 Å². The molecule has 1 amide bonds. The molecule has 1 aliphatic carbocycles. The number of allylic oxidation sites excluding steroid dienone is 2. The molecule has 2 aliphatic rings. The molecule has 5 N–H and O–H groups in total. The lowest BCUT2D eigenvalue weighted by molar-refractivity contribution is -0.192. The van der Waals surface area contributed by atoms with Crippen LogP contribution in [0, 0.1) is 0 Å². The summed E-state index contributed by atoms with van der Waals surface area (Å²) in [4.78, 5) is 28.7. The van der Waals surface area contributed by atoms with E-state index >= 15 is 0 Å². The van der Waals surface area contributed by atoms with E-state index in [1.54, 1.807) is 14.2 Å². The van der Waals surface area contributed by atoms with Crippen molar-refractivity contribution in [1.29, 1.82) is 0 Å². The molecule has 8 nitrogen and oxygen atoms in total. The molecule has 2 atom stereocenters. The van der Waals surface area contributed by atoms with Crippen molar-refractivity contribution in [3.63, 3.8) is 0 Å². The number of aliphatic carboxylic acids is 1. The van der Waals surface area contributed by atoms with Crippen LogP contribution in [0.25, 0.3) is 5.57 Å². The van der Waals surface area contributed by atoms with Crippen molar-refractivity contribution in [2.45, 2.75) is 30.3 Å². The number of carbonyl (C=O) groups is 2. The first kappa shape index (κ1) is 27.6. The topological polar surface area (TPSA) is 131 Å². The first-order chi connectivity index (χ1) is 17.4. The second kappa shape index (κ2) is 10.6. The fraction of sp³-hybridized carbons (Fsp3) is 0.269. The van der Waals surface area contributed by atoms with Crippen LogP contribution in [-0.4, -0.2) is 53.8 Å². The third-order valence-corrected chi connectivity index (χ3v) is 6.33. The van der Waals surface area contributed by atoms with Crippen LogP contribution >= 0.6 is 0 Å². The number of nitrogens with two attached hydrogens (primary N) is 2. The number of ether oxygens (including phenoxy) is 1. The second-order valence-corrected chi connectivity index (χ2v) is 8.44. The molecule has 2 unspecified atom stereocenters. The van der Waals surface area contributed by atoms with Crippen molar-refractivity contribution in [2.24, 2.45) is 16.5 Å². The minimum atomic E-state index is -5.08. The number of hydrogen-bond donors (Lipinski definition) is 3. The number of carboxylic acids is 1. The van der Waals surface area contributed by atoms with E-state index in [4.69, 9.17) is 31.1 Å². The predicted molar refractivity (Wildman–Crippen MR) is 132 cm³/mol. The van der Waals surface area contributed by atoms with Gasteiger partial charge in [-0.15, -0.1) is 0 Å². The van der Waals surface area contributed by atoms with Gasteiger partial charge in [-0.1, -0.05) is 66.7 Å². The van der Waals surface area contributed by atoms with Crippen LogP contribution in [0.15, 0.2) is 77.8 Å². The van der Waals surface area contributed by atoms with Gasteiger partial charge in [-0.3, -0.25) is 9.69 Å². The molecule has 0 bridgehead atoms. The quantitative estimate of drug-likeness (QED) is 0.560. The summed E-state index contributed by atoms with van der Waals surface area (Å²) in [7, 11) is 3.26. The summed E-state index contributed by atoms with van der Waals surface area (Å²) in [5.74, 6) is -2.81. The number of carbonyl (C=O) groups excluding carboxylic acids is 1. The molecular formula is C26H27F3N4O4. The normalized spacial score (nSPS) is 23.2. The number of methoxy groups -OCH3 is 1. The van der Waals surface area contributed by atoms with E-state index in [0.717, 1.165) is 22.3 Å². The number of alkyl halides is 3. The average Bonchev–Trinajstić information content (AvgIpc) is 3.14. The summed E-state index contributed by atoms with van der Waals surface area (Å²) < 4.78 is 37.9. The lowest BCUT2D eigenvalue weighted by Gasteiger charge is -2.44. The summed E-state index contributed by atoms with van der Waals surface area (Å²) in [6.07, 6.45) is 1.29. The van der Waals surface area contributed by atoms with Gasteiger partial charge in [0.05, 0.1) is 0 Å². The summed E-state index contributed by atoms with van der Waals surface area (Å²) in [6.45, 7) is 0.419. The monoisotopic (exact) mass is 516 g/mol. The fourth-order valence-electron chi connectivity index (χ4n) is 4.34. The highest BCUT2D eigenvalue weighted by molar-refractivity contribution is 6.08. The maximum atomic E-state index is 13.7. The zero-order valence-corrected chi connectivity index (χ0v) is 20.2. The van der Waals surface area contributed by atoms with Crippen molar-refractivity contribution < 1.29 is 32.6 Å². The minimum Gasteiger partial charge on any atom is -0.475 e. The van der Waals surface area contributed by atoms with Crippen LogP contribution in [-0.2, 0) is 26.4 Å². The third kappa shape index (κ3) is 5.13. The van der Waals surface area contributed by atoms with Crippen LogP contribution in [0.4, 0.5) is 13.2 Å². The maximum Gasteiger partial charge on any atom is 0.490 e. The van der Waals surface area contributed by atoms with Crippen molar-refractivity contribution in [1.82, 2.24) is 4.90 Å². The van der Waals surface area contributed by atoms with Gasteiger partial charge < -0.3 is 21.3 Å². The van der Waals surface area contributed by atoms with Gasteiger partial charge in [-0.25, -0.2) is 9.79 Å². The van der Waals surface area contributed by atoms with Crippen molar-refractivity contribution in [2.75, 3.05) is 14.2 Å². The average molecular weight is 517 g/mol. The first-order valence-electron chi connectivity index (χ1n) is 11.1. The fourth-order valence-corrected chi connectivity index (χ4v) is 4.34.